The van der Waals surface area contributed by atoms with Gasteiger partial charge in [0.05, 0.1) is 13.2 Å². The standard InChI is InChI=1S/C15H24O3/c1-13(2)11-5-4-6-12(16)14(11,3)7-8-15(13)17-9-10-18-15/h11H,4-10H2,1-3H3/t11-,14-/m0/s1. The zero-order valence-electron chi connectivity index (χ0n) is 11.8. The smallest absolute Gasteiger partial charge is 0.173 e. The van der Waals surface area contributed by atoms with Gasteiger partial charge in [0.15, 0.2) is 5.79 Å². The van der Waals surface area contributed by atoms with Crippen molar-refractivity contribution in [1.29, 1.82) is 0 Å². The van der Waals surface area contributed by atoms with Crippen LogP contribution in [0.3, 0.4) is 0 Å². The molecule has 2 aliphatic carbocycles. The molecule has 0 unspecified atom stereocenters. The quantitative estimate of drug-likeness (QED) is 0.665. The van der Waals surface area contributed by atoms with Gasteiger partial charge in [-0.05, 0) is 25.2 Å². The number of ketones is 1. The van der Waals surface area contributed by atoms with Crippen LogP contribution in [-0.2, 0) is 14.3 Å². The Morgan fingerprint density at radius 2 is 1.78 bits per heavy atom. The summed E-state index contributed by atoms with van der Waals surface area (Å²) in [6, 6.07) is 0. The molecule has 0 aromatic heterocycles. The Labute approximate surface area is 109 Å². The molecule has 3 rings (SSSR count). The molecule has 0 radical (unpaired) electrons. The summed E-state index contributed by atoms with van der Waals surface area (Å²) in [7, 11) is 0. The molecular weight excluding hydrogens is 228 g/mol. The largest absolute Gasteiger partial charge is 0.347 e. The van der Waals surface area contributed by atoms with Crippen LogP contribution < -0.4 is 0 Å². The maximum atomic E-state index is 12.4. The predicted molar refractivity (Wildman–Crippen MR) is 68.1 cm³/mol. The molecule has 1 aliphatic heterocycles. The van der Waals surface area contributed by atoms with Gasteiger partial charge < -0.3 is 9.47 Å². The summed E-state index contributed by atoms with van der Waals surface area (Å²) in [5.41, 5.74) is -0.227. The monoisotopic (exact) mass is 252 g/mol. The van der Waals surface area contributed by atoms with Crippen molar-refractivity contribution in [2.24, 2.45) is 16.7 Å². The van der Waals surface area contributed by atoms with Gasteiger partial charge in [-0.25, -0.2) is 0 Å². The van der Waals surface area contributed by atoms with Crippen LogP contribution >= 0.6 is 0 Å². The molecule has 0 N–H and O–H groups in total. The number of Topliss-reactive ketones (excluding diaryl/α,β-unsaturated/α-hetero) is 1. The summed E-state index contributed by atoms with van der Waals surface area (Å²) in [4.78, 5) is 12.4. The first-order valence-corrected chi connectivity index (χ1v) is 7.24. The average Bonchev–Trinajstić information content (AvgIpc) is 2.79. The van der Waals surface area contributed by atoms with Crippen LogP contribution in [0.4, 0.5) is 0 Å². The number of hydrogen-bond acceptors (Lipinski definition) is 3. The molecule has 18 heavy (non-hydrogen) atoms. The Morgan fingerprint density at radius 1 is 1.11 bits per heavy atom. The summed E-state index contributed by atoms with van der Waals surface area (Å²) < 4.78 is 12.0. The predicted octanol–water partition coefficient (Wildman–Crippen LogP) is 2.93. The number of fused-ring (bicyclic) bond motifs is 1. The van der Waals surface area contributed by atoms with Gasteiger partial charge in [-0.3, -0.25) is 4.79 Å². The van der Waals surface area contributed by atoms with Crippen molar-refractivity contribution in [2.45, 2.75) is 58.7 Å². The van der Waals surface area contributed by atoms with E-state index in [4.69, 9.17) is 9.47 Å². The molecule has 2 saturated carbocycles. The number of carbonyl (C=O) groups excluding carboxylic acids is 1. The van der Waals surface area contributed by atoms with Gasteiger partial charge in [-0.15, -0.1) is 0 Å². The van der Waals surface area contributed by atoms with Crippen molar-refractivity contribution in [3.63, 3.8) is 0 Å². The first-order valence-electron chi connectivity index (χ1n) is 7.24. The summed E-state index contributed by atoms with van der Waals surface area (Å²) in [6.07, 6.45) is 4.69. The van der Waals surface area contributed by atoms with Crippen molar-refractivity contribution in [3.8, 4) is 0 Å². The molecular formula is C15H24O3. The minimum absolute atomic E-state index is 0.0768. The van der Waals surface area contributed by atoms with E-state index in [1.807, 2.05) is 0 Å². The van der Waals surface area contributed by atoms with Crippen molar-refractivity contribution in [3.05, 3.63) is 0 Å². The Balaban J connectivity index is 1.99. The molecule has 1 saturated heterocycles. The molecule has 3 aliphatic rings. The number of carbonyl (C=O) groups is 1. The molecule has 0 aromatic carbocycles. The topological polar surface area (TPSA) is 35.5 Å². The Kier molecular flexibility index (Phi) is 2.66. The summed E-state index contributed by atoms with van der Waals surface area (Å²) in [6.45, 7) is 8.03. The van der Waals surface area contributed by atoms with Gasteiger partial charge in [0, 0.05) is 23.7 Å². The minimum Gasteiger partial charge on any atom is -0.347 e. The highest BCUT2D eigenvalue weighted by Crippen LogP contribution is 2.61. The molecule has 3 fully saturated rings. The normalized spacial score (nSPS) is 41.9. The summed E-state index contributed by atoms with van der Waals surface area (Å²) >= 11 is 0. The van der Waals surface area contributed by atoms with Crippen LogP contribution in [0.15, 0.2) is 0 Å². The highest BCUT2D eigenvalue weighted by molar-refractivity contribution is 5.85. The third-order valence-corrected chi connectivity index (χ3v) is 5.88. The molecule has 1 heterocycles. The van der Waals surface area contributed by atoms with Crippen LogP contribution in [0, 0.1) is 16.7 Å². The van der Waals surface area contributed by atoms with Crippen molar-refractivity contribution in [1.82, 2.24) is 0 Å². The molecule has 3 nitrogen and oxygen atoms in total. The maximum Gasteiger partial charge on any atom is 0.173 e. The lowest BCUT2D eigenvalue weighted by Crippen LogP contribution is -2.61. The Morgan fingerprint density at radius 3 is 2.44 bits per heavy atom. The Hall–Kier alpha value is -0.410. The van der Waals surface area contributed by atoms with Crippen molar-refractivity contribution in [2.75, 3.05) is 13.2 Å². The third-order valence-electron chi connectivity index (χ3n) is 5.88. The minimum atomic E-state index is -0.436. The fraction of sp³-hybridized carbons (Fsp3) is 0.933. The fourth-order valence-electron chi connectivity index (χ4n) is 4.72. The zero-order valence-corrected chi connectivity index (χ0v) is 11.8. The maximum absolute atomic E-state index is 12.4. The van der Waals surface area contributed by atoms with E-state index in [9.17, 15) is 4.79 Å². The lowest BCUT2D eigenvalue weighted by molar-refractivity contribution is -0.282. The second-order valence-corrected chi connectivity index (χ2v) is 6.96. The van der Waals surface area contributed by atoms with E-state index in [-0.39, 0.29) is 10.8 Å². The summed E-state index contributed by atoms with van der Waals surface area (Å²) in [5, 5.41) is 0. The third kappa shape index (κ3) is 1.41. The van der Waals surface area contributed by atoms with Gasteiger partial charge in [-0.2, -0.15) is 0 Å². The zero-order chi connectivity index (χ0) is 13.0. The van der Waals surface area contributed by atoms with E-state index in [1.165, 1.54) is 0 Å². The second-order valence-electron chi connectivity index (χ2n) is 6.96. The molecule has 2 atom stereocenters. The highest BCUT2D eigenvalue weighted by Gasteiger charge is 2.64. The van der Waals surface area contributed by atoms with E-state index < -0.39 is 5.79 Å². The summed E-state index contributed by atoms with van der Waals surface area (Å²) in [5.74, 6) is 0.409. The SMILES string of the molecule is CC1(C)[C@@H]2CCCC(=O)[C@@]2(C)CCC12OCCO2. The van der Waals surface area contributed by atoms with Crippen molar-refractivity contribution < 1.29 is 14.3 Å². The Bertz CT molecular complexity index is 368. The van der Waals surface area contributed by atoms with Gasteiger partial charge in [0.25, 0.3) is 0 Å². The van der Waals surface area contributed by atoms with Gasteiger partial charge in [0.2, 0.25) is 0 Å². The van der Waals surface area contributed by atoms with Crippen molar-refractivity contribution >= 4 is 5.78 Å². The molecule has 0 bridgehead atoms. The van der Waals surface area contributed by atoms with E-state index in [0.29, 0.717) is 24.9 Å². The number of hydrogen-bond donors (Lipinski definition) is 0. The van der Waals surface area contributed by atoms with Crippen LogP contribution in [0.5, 0.6) is 0 Å². The fourth-order valence-corrected chi connectivity index (χ4v) is 4.72. The second kappa shape index (κ2) is 3.80. The molecule has 102 valence electrons. The van der Waals surface area contributed by atoms with Gasteiger partial charge >= 0.3 is 0 Å². The lowest BCUT2D eigenvalue weighted by Gasteiger charge is -2.59. The molecule has 3 heteroatoms. The van der Waals surface area contributed by atoms with E-state index >= 15 is 0 Å². The van der Waals surface area contributed by atoms with Gasteiger partial charge in [-0.1, -0.05) is 20.8 Å². The van der Waals surface area contributed by atoms with Gasteiger partial charge in [0.1, 0.15) is 5.78 Å². The van der Waals surface area contributed by atoms with Crippen LogP contribution in [0.25, 0.3) is 0 Å². The van der Waals surface area contributed by atoms with E-state index in [1.54, 1.807) is 0 Å². The average molecular weight is 252 g/mol. The molecule has 1 spiro atoms. The molecule has 0 amide bonds. The van der Waals surface area contributed by atoms with E-state index in [2.05, 4.69) is 20.8 Å². The first kappa shape index (κ1) is 12.6. The highest BCUT2D eigenvalue weighted by atomic mass is 16.7. The van der Waals surface area contributed by atoms with Crippen LogP contribution in [-0.4, -0.2) is 24.8 Å². The van der Waals surface area contributed by atoms with Crippen LogP contribution in [0.1, 0.15) is 52.9 Å². The first-order chi connectivity index (χ1) is 8.42. The number of ether oxygens (including phenoxy) is 2. The van der Waals surface area contributed by atoms with E-state index in [0.717, 1.165) is 32.1 Å². The number of rotatable bonds is 0. The molecule has 0 aromatic rings. The van der Waals surface area contributed by atoms with Crippen LogP contribution in [0.2, 0.25) is 0 Å². The lowest BCUT2D eigenvalue weighted by atomic mass is 9.49.